The molecular formula is C8H9Cl2NS. The lowest BCUT2D eigenvalue weighted by molar-refractivity contribution is 1.23. The molecule has 0 saturated carbocycles. The Labute approximate surface area is 87.5 Å². The van der Waals surface area contributed by atoms with Crippen molar-refractivity contribution in [2.75, 3.05) is 17.6 Å². The summed E-state index contributed by atoms with van der Waals surface area (Å²) in [5.74, 6) is 0.767. The first-order valence-electron chi connectivity index (χ1n) is 3.54. The van der Waals surface area contributed by atoms with E-state index in [2.05, 4.69) is 17.9 Å². The molecule has 1 rings (SSSR count). The number of halogens is 2. The van der Waals surface area contributed by atoms with Gasteiger partial charge in [-0.15, -0.1) is 0 Å². The van der Waals surface area contributed by atoms with Crippen molar-refractivity contribution in [3.8, 4) is 0 Å². The molecule has 12 heavy (non-hydrogen) atoms. The summed E-state index contributed by atoms with van der Waals surface area (Å²) < 4.78 is 0. The van der Waals surface area contributed by atoms with Crippen molar-refractivity contribution in [1.82, 2.24) is 0 Å². The van der Waals surface area contributed by atoms with Crippen LogP contribution in [0.25, 0.3) is 0 Å². The zero-order chi connectivity index (χ0) is 8.97. The highest BCUT2D eigenvalue weighted by Crippen LogP contribution is 2.29. The van der Waals surface area contributed by atoms with E-state index in [-0.39, 0.29) is 0 Å². The van der Waals surface area contributed by atoms with Crippen LogP contribution in [-0.2, 0) is 0 Å². The van der Waals surface area contributed by atoms with Gasteiger partial charge in [-0.3, -0.25) is 0 Å². The van der Waals surface area contributed by atoms with Crippen molar-refractivity contribution >= 4 is 41.5 Å². The lowest BCUT2D eigenvalue weighted by atomic mass is 10.3. The van der Waals surface area contributed by atoms with E-state index in [0.29, 0.717) is 10.0 Å². The molecule has 0 aliphatic heterocycles. The van der Waals surface area contributed by atoms with Gasteiger partial charge in [0, 0.05) is 12.3 Å². The smallest absolute Gasteiger partial charge is 0.0823 e. The predicted octanol–water partition coefficient (Wildman–Crippen LogP) is 3.34. The number of benzene rings is 1. The first-order valence-corrected chi connectivity index (χ1v) is 4.93. The Balaban J connectivity index is 2.78. The third-order valence-electron chi connectivity index (χ3n) is 1.38. The van der Waals surface area contributed by atoms with Gasteiger partial charge in [0.2, 0.25) is 0 Å². The summed E-state index contributed by atoms with van der Waals surface area (Å²) in [5.41, 5.74) is 0.859. The summed E-state index contributed by atoms with van der Waals surface area (Å²) in [6, 6.07) is 5.50. The van der Waals surface area contributed by atoms with Crippen LogP contribution in [0, 0.1) is 0 Å². The van der Waals surface area contributed by atoms with Gasteiger partial charge in [0.1, 0.15) is 0 Å². The molecule has 0 radical (unpaired) electrons. The van der Waals surface area contributed by atoms with E-state index >= 15 is 0 Å². The molecule has 0 bridgehead atoms. The first-order chi connectivity index (χ1) is 5.75. The zero-order valence-corrected chi connectivity index (χ0v) is 8.76. The normalized spacial score (nSPS) is 9.92. The molecule has 0 heterocycles. The van der Waals surface area contributed by atoms with Crippen molar-refractivity contribution < 1.29 is 0 Å². The Morgan fingerprint density at radius 3 is 2.75 bits per heavy atom. The molecule has 0 spiro atoms. The number of hydrogen-bond donors (Lipinski definition) is 2. The SMILES string of the molecule is SCCNc1cccc(Cl)c1Cl. The third-order valence-corrected chi connectivity index (χ3v) is 2.42. The first kappa shape index (κ1) is 10.0. The average molecular weight is 222 g/mol. The molecule has 1 aromatic carbocycles. The van der Waals surface area contributed by atoms with E-state index in [0.717, 1.165) is 18.0 Å². The molecule has 0 aliphatic carbocycles. The molecule has 1 N–H and O–H groups in total. The van der Waals surface area contributed by atoms with Crippen LogP contribution in [0.15, 0.2) is 18.2 Å². The molecular weight excluding hydrogens is 213 g/mol. The minimum atomic E-state index is 0.570. The van der Waals surface area contributed by atoms with E-state index in [1.807, 2.05) is 12.1 Å². The monoisotopic (exact) mass is 221 g/mol. The quantitative estimate of drug-likeness (QED) is 0.747. The number of nitrogens with one attached hydrogen (secondary N) is 1. The maximum atomic E-state index is 5.91. The number of rotatable bonds is 3. The van der Waals surface area contributed by atoms with Gasteiger partial charge in [-0.25, -0.2) is 0 Å². The van der Waals surface area contributed by atoms with E-state index < -0.39 is 0 Å². The average Bonchev–Trinajstić information content (AvgIpc) is 2.08. The standard InChI is InChI=1S/C8H9Cl2NS/c9-6-2-1-3-7(8(6)10)11-4-5-12/h1-3,11-12H,4-5H2. The van der Waals surface area contributed by atoms with Crippen LogP contribution in [-0.4, -0.2) is 12.3 Å². The van der Waals surface area contributed by atoms with Crippen LogP contribution in [0.5, 0.6) is 0 Å². The summed E-state index contributed by atoms with van der Waals surface area (Å²) in [6.07, 6.45) is 0. The van der Waals surface area contributed by atoms with Crippen molar-refractivity contribution in [1.29, 1.82) is 0 Å². The lowest BCUT2D eigenvalue weighted by Gasteiger charge is -2.06. The maximum absolute atomic E-state index is 5.91. The van der Waals surface area contributed by atoms with Crippen LogP contribution < -0.4 is 5.32 Å². The molecule has 0 atom stereocenters. The summed E-state index contributed by atoms with van der Waals surface area (Å²) in [5, 5.41) is 4.25. The molecule has 4 heteroatoms. The summed E-state index contributed by atoms with van der Waals surface area (Å²) >= 11 is 15.8. The minimum Gasteiger partial charge on any atom is -0.383 e. The zero-order valence-electron chi connectivity index (χ0n) is 6.35. The number of thiol groups is 1. The number of hydrogen-bond acceptors (Lipinski definition) is 2. The van der Waals surface area contributed by atoms with Gasteiger partial charge in [-0.2, -0.15) is 12.6 Å². The molecule has 0 unspecified atom stereocenters. The fourth-order valence-electron chi connectivity index (χ4n) is 0.831. The summed E-state index contributed by atoms with van der Waals surface area (Å²) in [7, 11) is 0. The second kappa shape index (κ2) is 4.85. The van der Waals surface area contributed by atoms with Gasteiger partial charge >= 0.3 is 0 Å². The highest BCUT2D eigenvalue weighted by molar-refractivity contribution is 7.80. The van der Waals surface area contributed by atoms with Gasteiger partial charge < -0.3 is 5.32 Å². The Kier molecular flexibility index (Phi) is 4.06. The van der Waals surface area contributed by atoms with Crippen molar-refractivity contribution in [2.45, 2.75) is 0 Å². The molecule has 0 aliphatic rings. The fourth-order valence-corrected chi connectivity index (χ4v) is 1.31. The van der Waals surface area contributed by atoms with Gasteiger partial charge in [0.25, 0.3) is 0 Å². The third kappa shape index (κ3) is 2.47. The van der Waals surface area contributed by atoms with E-state index in [4.69, 9.17) is 23.2 Å². The highest BCUT2D eigenvalue weighted by Gasteiger charge is 2.01. The van der Waals surface area contributed by atoms with Crippen LogP contribution in [0.1, 0.15) is 0 Å². The summed E-state index contributed by atoms with van der Waals surface area (Å²) in [6.45, 7) is 0.781. The lowest BCUT2D eigenvalue weighted by Crippen LogP contribution is -2.02. The molecule has 1 nitrogen and oxygen atoms in total. The summed E-state index contributed by atoms with van der Waals surface area (Å²) in [4.78, 5) is 0. The van der Waals surface area contributed by atoms with Crippen molar-refractivity contribution in [3.05, 3.63) is 28.2 Å². The van der Waals surface area contributed by atoms with Crippen LogP contribution in [0.2, 0.25) is 10.0 Å². The van der Waals surface area contributed by atoms with E-state index in [1.165, 1.54) is 0 Å². The molecule has 0 amide bonds. The van der Waals surface area contributed by atoms with Crippen molar-refractivity contribution in [3.63, 3.8) is 0 Å². The van der Waals surface area contributed by atoms with E-state index in [9.17, 15) is 0 Å². The van der Waals surface area contributed by atoms with Crippen LogP contribution >= 0.6 is 35.8 Å². The topological polar surface area (TPSA) is 12.0 Å². The van der Waals surface area contributed by atoms with Gasteiger partial charge in [-0.05, 0) is 12.1 Å². The van der Waals surface area contributed by atoms with Gasteiger partial charge in [0.15, 0.2) is 0 Å². The second-order valence-electron chi connectivity index (χ2n) is 2.25. The number of anilines is 1. The van der Waals surface area contributed by atoms with Crippen molar-refractivity contribution in [2.24, 2.45) is 0 Å². The molecule has 0 aromatic heterocycles. The minimum absolute atomic E-state index is 0.570. The van der Waals surface area contributed by atoms with Crippen LogP contribution in [0.4, 0.5) is 5.69 Å². The van der Waals surface area contributed by atoms with Gasteiger partial charge in [0.05, 0.1) is 15.7 Å². The Morgan fingerprint density at radius 1 is 1.33 bits per heavy atom. The van der Waals surface area contributed by atoms with E-state index in [1.54, 1.807) is 6.07 Å². The Bertz CT molecular complexity index is 265. The second-order valence-corrected chi connectivity index (χ2v) is 3.48. The highest BCUT2D eigenvalue weighted by atomic mass is 35.5. The Hall–Kier alpha value is -0.0500. The molecule has 0 fully saturated rings. The predicted molar refractivity (Wildman–Crippen MR) is 58.8 cm³/mol. The van der Waals surface area contributed by atoms with Gasteiger partial charge in [-0.1, -0.05) is 29.3 Å². The largest absolute Gasteiger partial charge is 0.383 e. The molecule has 0 saturated heterocycles. The fraction of sp³-hybridized carbons (Fsp3) is 0.250. The van der Waals surface area contributed by atoms with Crippen LogP contribution in [0.3, 0.4) is 0 Å². The molecule has 1 aromatic rings. The molecule has 66 valence electrons. The Morgan fingerprint density at radius 2 is 2.08 bits per heavy atom. The maximum Gasteiger partial charge on any atom is 0.0823 e.